The molecule has 7 heteroatoms. The van der Waals surface area contributed by atoms with Crippen LogP contribution in [0.15, 0.2) is 52.1 Å². The van der Waals surface area contributed by atoms with Gasteiger partial charge in [0.05, 0.1) is 11.1 Å². The van der Waals surface area contributed by atoms with Crippen LogP contribution in [0.3, 0.4) is 0 Å². The molecule has 0 bridgehead atoms. The number of aromatic nitrogens is 3. The first-order valence-electron chi connectivity index (χ1n) is 6.36. The Labute approximate surface area is 130 Å². The summed E-state index contributed by atoms with van der Waals surface area (Å²) >= 11 is 1.47. The van der Waals surface area contributed by atoms with Crippen molar-refractivity contribution in [3.05, 3.63) is 48.2 Å². The Balaban J connectivity index is 2.07. The molecule has 2 aromatic heterocycles. The van der Waals surface area contributed by atoms with Gasteiger partial charge in [0, 0.05) is 11.8 Å². The maximum absolute atomic E-state index is 11.3. The Morgan fingerprint density at radius 1 is 1.18 bits per heavy atom. The van der Waals surface area contributed by atoms with E-state index in [0.717, 1.165) is 10.6 Å². The molecule has 0 unspecified atom stereocenters. The highest BCUT2D eigenvalue weighted by molar-refractivity contribution is 7.98. The summed E-state index contributed by atoms with van der Waals surface area (Å²) in [6.45, 7) is 0. The number of thioether (sulfide) groups is 1. The van der Waals surface area contributed by atoms with Gasteiger partial charge in [-0.25, -0.2) is 9.78 Å². The van der Waals surface area contributed by atoms with Crippen molar-refractivity contribution in [3.8, 4) is 22.8 Å². The Morgan fingerprint density at radius 3 is 2.73 bits per heavy atom. The molecule has 0 fully saturated rings. The quantitative estimate of drug-likeness (QED) is 0.740. The van der Waals surface area contributed by atoms with Gasteiger partial charge in [0.1, 0.15) is 5.03 Å². The Morgan fingerprint density at radius 2 is 1.95 bits per heavy atom. The number of rotatable bonds is 4. The van der Waals surface area contributed by atoms with Gasteiger partial charge in [-0.15, -0.1) is 11.8 Å². The van der Waals surface area contributed by atoms with Crippen LogP contribution in [0.1, 0.15) is 10.4 Å². The SMILES string of the molecule is CSc1ncccc1-c1nc(-c2ccccc2C(=O)O)no1. The van der Waals surface area contributed by atoms with Crippen molar-refractivity contribution in [3.63, 3.8) is 0 Å². The lowest BCUT2D eigenvalue weighted by molar-refractivity contribution is 0.0697. The number of nitrogens with zero attached hydrogens (tertiary/aromatic N) is 3. The molecular weight excluding hydrogens is 302 g/mol. The Bertz CT molecular complexity index is 832. The number of carbonyl (C=O) groups is 1. The van der Waals surface area contributed by atoms with Gasteiger partial charge in [0.25, 0.3) is 5.89 Å². The highest BCUT2D eigenvalue weighted by Gasteiger charge is 2.18. The fourth-order valence-electron chi connectivity index (χ4n) is 2.02. The minimum atomic E-state index is -1.03. The Hall–Kier alpha value is -2.67. The van der Waals surface area contributed by atoms with E-state index in [9.17, 15) is 9.90 Å². The predicted molar refractivity (Wildman–Crippen MR) is 81.7 cm³/mol. The first-order valence-corrected chi connectivity index (χ1v) is 7.59. The number of carboxylic acid groups (broad SMARTS) is 1. The monoisotopic (exact) mass is 313 g/mol. The summed E-state index contributed by atoms with van der Waals surface area (Å²) in [4.78, 5) is 19.8. The zero-order valence-corrected chi connectivity index (χ0v) is 12.4. The minimum Gasteiger partial charge on any atom is -0.478 e. The van der Waals surface area contributed by atoms with Gasteiger partial charge in [-0.3, -0.25) is 0 Å². The van der Waals surface area contributed by atoms with Crippen molar-refractivity contribution in [2.75, 3.05) is 6.26 Å². The summed E-state index contributed by atoms with van der Waals surface area (Å²) < 4.78 is 5.27. The van der Waals surface area contributed by atoms with Crippen LogP contribution >= 0.6 is 11.8 Å². The second kappa shape index (κ2) is 5.98. The standard InChI is InChI=1S/C15H11N3O3S/c1-22-14-11(7-4-8-16-14)13-17-12(18-21-13)9-5-2-3-6-10(9)15(19)20/h2-8H,1H3,(H,19,20). The van der Waals surface area contributed by atoms with Crippen molar-refractivity contribution in [2.45, 2.75) is 5.03 Å². The van der Waals surface area contributed by atoms with Gasteiger partial charge in [-0.2, -0.15) is 4.98 Å². The van der Waals surface area contributed by atoms with Crippen LogP contribution in [-0.2, 0) is 0 Å². The lowest BCUT2D eigenvalue weighted by Gasteiger charge is -2.00. The van der Waals surface area contributed by atoms with E-state index in [2.05, 4.69) is 15.1 Å². The average molecular weight is 313 g/mol. The molecule has 0 amide bonds. The highest BCUT2D eigenvalue weighted by atomic mass is 32.2. The second-order valence-electron chi connectivity index (χ2n) is 4.33. The van der Waals surface area contributed by atoms with Gasteiger partial charge >= 0.3 is 5.97 Å². The summed E-state index contributed by atoms with van der Waals surface area (Å²) in [6.07, 6.45) is 3.59. The summed E-state index contributed by atoms with van der Waals surface area (Å²) in [6, 6.07) is 10.2. The van der Waals surface area contributed by atoms with Crippen LogP contribution in [0.2, 0.25) is 0 Å². The number of carboxylic acids is 1. The largest absolute Gasteiger partial charge is 0.478 e. The summed E-state index contributed by atoms with van der Waals surface area (Å²) in [5.74, 6) is -0.482. The maximum atomic E-state index is 11.3. The van der Waals surface area contributed by atoms with E-state index in [0.29, 0.717) is 11.5 Å². The van der Waals surface area contributed by atoms with Crippen molar-refractivity contribution in [1.82, 2.24) is 15.1 Å². The van der Waals surface area contributed by atoms with Crippen molar-refractivity contribution >= 4 is 17.7 Å². The first kappa shape index (κ1) is 14.3. The average Bonchev–Trinajstić information content (AvgIpc) is 3.04. The van der Waals surface area contributed by atoms with Crippen molar-refractivity contribution in [2.24, 2.45) is 0 Å². The van der Waals surface area contributed by atoms with E-state index in [1.807, 2.05) is 12.3 Å². The second-order valence-corrected chi connectivity index (χ2v) is 5.13. The molecule has 0 aliphatic carbocycles. The molecule has 0 atom stereocenters. The van der Waals surface area contributed by atoms with Gasteiger partial charge < -0.3 is 9.63 Å². The fraction of sp³-hybridized carbons (Fsp3) is 0.0667. The zero-order chi connectivity index (χ0) is 15.5. The molecule has 0 aliphatic heterocycles. The molecule has 3 rings (SSSR count). The number of benzene rings is 1. The van der Waals surface area contributed by atoms with Crippen LogP contribution in [-0.4, -0.2) is 32.5 Å². The first-order chi connectivity index (χ1) is 10.7. The molecule has 6 nitrogen and oxygen atoms in total. The molecule has 3 aromatic rings. The highest BCUT2D eigenvalue weighted by Crippen LogP contribution is 2.29. The smallest absolute Gasteiger partial charge is 0.336 e. The molecule has 110 valence electrons. The normalized spacial score (nSPS) is 10.6. The summed E-state index contributed by atoms with van der Waals surface area (Å²) in [5.41, 5.74) is 1.27. The van der Waals surface area contributed by atoms with E-state index >= 15 is 0 Å². The molecule has 1 N–H and O–H groups in total. The van der Waals surface area contributed by atoms with Crippen LogP contribution in [0.5, 0.6) is 0 Å². The molecule has 2 heterocycles. The van der Waals surface area contributed by atoms with E-state index in [1.54, 1.807) is 30.5 Å². The molecule has 0 aliphatic rings. The molecular formula is C15H11N3O3S. The summed E-state index contributed by atoms with van der Waals surface area (Å²) in [5, 5.41) is 13.9. The number of hydrogen-bond donors (Lipinski definition) is 1. The molecule has 0 saturated carbocycles. The van der Waals surface area contributed by atoms with Crippen LogP contribution < -0.4 is 0 Å². The summed E-state index contributed by atoms with van der Waals surface area (Å²) in [7, 11) is 0. The van der Waals surface area contributed by atoms with Gasteiger partial charge in [0.2, 0.25) is 5.82 Å². The van der Waals surface area contributed by atoms with Crippen LogP contribution in [0.25, 0.3) is 22.8 Å². The Kier molecular flexibility index (Phi) is 3.88. The third-order valence-electron chi connectivity index (χ3n) is 3.02. The molecule has 0 saturated heterocycles. The van der Waals surface area contributed by atoms with Crippen LogP contribution in [0, 0.1) is 0 Å². The van der Waals surface area contributed by atoms with Crippen LogP contribution in [0.4, 0.5) is 0 Å². The third kappa shape index (κ3) is 2.58. The molecule has 0 spiro atoms. The third-order valence-corrected chi connectivity index (χ3v) is 3.73. The lowest BCUT2D eigenvalue weighted by atomic mass is 10.1. The van der Waals surface area contributed by atoms with E-state index < -0.39 is 5.97 Å². The number of pyridine rings is 1. The topological polar surface area (TPSA) is 89.1 Å². The van der Waals surface area contributed by atoms with Crippen molar-refractivity contribution in [1.29, 1.82) is 0 Å². The van der Waals surface area contributed by atoms with E-state index in [1.165, 1.54) is 17.8 Å². The van der Waals surface area contributed by atoms with E-state index in [-0.39, 0.29) is 11.4 Å². The van der Waals surface area contributed by atoms with Gasteiger partial charge in [-0.1, -0.05) is 23.4 Å². The fourth-order valence-corrected chi connectivity index (χ4v) is 2.56. The molecule has 0 radical (unpaired) electrons. The number of hydrogen-bond acceptors (Lipinski definition) is 6. The molecule has 1 aromatic carbocycles. The maximum Gasteiger partial charge on any atom is 0.336 e. The number of aromatic carboxylic acids is 1. The van der Waals surface area contributed by atoms with Crippen molar-refractivity contribution < 1.29 is 14.4 Å². The minimum absolute atomic E-state index is 0.131. The predicted octanol–water partition coefficient (Wildman–Crippen LogP) is 3.22. The lowest BCUT2D eigenvalue weighted by Crippen LogP contribution is -1.99. The van der Waals surface area contributed by atoms with E-state index in [4.69, 9.17) is 4.52 Å². The zero-order valence-electron chi connectivity index (χ0n) is 11.6. The van der Waals surface area contributed by atoms with Gasteiger partial charge in [0.15, 0.2) is 0 Å². The van der Waals surface area contributed by atoms with Gasteiger partial charge in [-0.05, 0) is 24.5 Å². The molecule has 22 heavy (non-hydrogen) atoms.